The van der Waals surface area contributed by atoms with E-state index in [2.05, 4.69) is 21.1 Å². The normalized spacial score (nSPS) is 12.3. The fourth-order valence-corrected chi connectivity index (χ4v) is 2.34. The summed E-state index contributed by atoms with van der Waals surface area (Å²) in [4.78, 5) is 24.4. The van der Waals surface area contributed by atoms with E-state index in [9.17, 15) is 14.7 Å². The van der Waals surface area contributed by atoms with Crippen LogP contribution in [0.5, 0.6) is 11.5 Å². The van der Waals surface area contributed by atoms with E-state index in [1.165, 1.54) is 20.4 Å². The van der Waals surface area contributed by atoms with Crippen molar-refractivity contribution in [3.63, 3.8) is 0 Å². The van der Waals surface area contributed by atoms with E-state index in [1.54, 1.807) is 48.5 Å². The number of rotatable bonds is 10. The Balaban J connectivity index is 2.03. The Morgan fingerprint density at radius 3 is 1.87 bits per heavy atom. The molecule has 2 amide bonds. The molecule has 31 heavy (non-hydrogen) atoms. The molecule has 0 saturated heterocycles. The SMILES string of the molecule is COc1ccc(C(=O)N/N=C/C(CC(O)CO)=N/NC(=O)c2ccc(OC)cc2)cc1. The lowest BCUT2D eigenvalue weighted by atomic mass is 10.2. The van der Waals surface area contributed by atoms with Gasteiger partial charge in [0.15, 0.2) is 0 Å². The molecule has 1 atom stereocenters. The van der Waals surface area contributed by atoms with E-state index >= 15 is 0 Å². The van der Waals surface area contributed by atoms with E-state index < -0.39 is 24.5 Å². The van der Waals surface area contributed by atoms with E-state index in [0.717, 1.165) is 0 Å². The van der Waals surface area contributed by atoms with Crippen molar-refractivity contribution < 1.29 is 29.3 Å². The number of nitrogens with one attached hydrogen (secondary N) is 2. The van der Waals surface area contributed by atoms with Gasteiger partial charge < -0.3 is 19.7 Å². The number of methoxy groups -OCH3 is 2. The van der Waals surface area contributed by atoms with Crippen LogP contribution in [-0.2, 0) is 0 Å². The number of carbonyl (C=O) groups is 2. The molecule has 0 aliphatic carbocycles. The summed E-state index contributed by atoms with van der Waals surface area (Å²) in [6, 6.07) is 12.8. The van der Waals surface area contributed by atoms with Gasteiger partial charge in [-0.15, -0.1) is 0 Å². The van der Waals surface area contributed by atoms with Gasteiger partial charge in [-0.25, -0.2) is 10.9 Å². The molecule has 164 valence electrons. The molecular formula is C21H24N4O6. The Kier molecular flexibility index (Phi) is 9.14. The van der Waals surface area contributed by atoms with Gasteiger partial charge in [-0.1, -0.05) is 0 Å². The zero-order valence-corrected chi connectivity index (χ0v) is 17.1. The summed E-state index contributed by atoms with van der Waals surface area (Å²) >= 11 is 0. The molecule has 0 radical (unpaired) electrons. The quantitative estimate of drug-likeness (QED) is 0.328. The van der Waals surface area contributed by atoms with Crippen LogP contribution in [0.25, 0.3) is 0 Å². The minimum atomic E-state index is -1.11. The molecule has 10 nitrogen and oxygen atoms in total. The lowest BCUT2D eigenvalue weighted by Gasteiger charge is -2.08. The van der Waals surface area contributed by atoms with Crippen molar-refractivity contribution in [3.05, 3.63) is 59.7 Å². The number of benzene rings is 2. The van der Waals surface area contributed by atoms with Gasteiger partial charge in [0.1, 0.15) is 11.5 Å². The van der Waals surface area contributed by atoms with Crippen LogP contribution in [0.15, 0.2) is 58.7 Å². The van der Waals surface area contributed by atoms with Crippen LogP contribution in [0.1, 0.15) is 27.1 Å². The van der Waals surface area contributed by atoms with Crippen LogP contribution in [0, 0.1) is 0 Å². The van der Waals surface area contributed by atoms with Gasteiger partial charge >= 0.3 is 0 Å². The van der Waals surface area contributed by atoms with Crippen molar-refractivity contribution in [1.82, 2.24) is 10.9 Å². The summed E-state index contributed by atoms with van der Waals surface area (Å²) in [6.07, 6.45) is -0.0315. The van der Waals surface area contributed by atoms with Crippen molar-refractivity contribution in [1.29, 1.82) is 0 Å². The second kappa shape index (κ2) is 12.1. The molecule has 0 spiro atoms. The molecule has 0 heterocycles. The minimum absolute atomic E-state index is 0.0959. The molecule has 2 rings (SSSR count). The number of carbonyl (C=O) groups excluding carboxylic acids is 2. The van der Waals surface area contributed by atoms with Gasteiger partial charge in [-0.3, -0.25) is 9.59 Å². The Bertz CT molecular complexity index is 926. The average molecular weight is 428 g/mol. The molecule has 0 aliphatic heterocycles. The highest BCUT2D eigenvalue weighted by molar-refractivity contribution is 6.31. The Morgan fingerprint density at radius 1 is 0.935 bits per heavy atom. The maximum absolute atomic E-state index is 12.2. The number of aliphatic hydroxyl groups is 2. The molecule has 2 aromatic rings. The summed E-state index contributed by atoms with van der Waals surface area (Å²) < 4.78 is 10.1. The van der Waals surface area contributed by atoms with E-state index in [0.29, 0.717) is 22.6 Å². The highest BCUT2D eigenvalue weighted by atomic mass is 16.5. The lowest BCUT2D eigenvalue weighted by molar-refractivity contribution is 0.0943. The van der Waals surface area contributed by atoms with Gasteiger partial charge in [0.05, 0.1) is 38.9 Å². The molecule has 0 bridgehead atoms. The summed E-state index contributed by atoms with van der Waals surface area (Å²) in [5.74, 6) is 0.254. The van der Waals surface area contributed by atoms with Crippen molar-refractivity contribution in [3.8, 4) is 11.5 Å². The third-order valence-corrected chi connectivity index (χ3v) is 4.04. The van der Waals surface area contributed by atoms with Gasteiger partial charge in [-0.2, -0.15) is 10.2 Å². The molecule has 0 fully saturated rings. The molecule has 0 aliphatic rings. The third kappa shape index (κ3) is 7.53. The summed E-state index contributed by atoms with van der Waals surface area (Å²) in [5, 5.41) is 26.5. The fraction of sp³-hybridized carbons (Fsp3) is 0.238. The number of hydrazone groups is 2. The largest absolute Gasteiger partial charge is 0.497 e. The molecule has 4 N–H and O–H groups in total. The molecular weight excluding hydrogens is 404 g/mol. The lowest BCUT2D eigenvalue weighted by Crippen LogP contribution is -2.25. The highest BCUT2D eigenvalue weighted by Gasteiger charge is 2.10. The van der Waals surface area contributed by atoms with Crippen LogP contribution in [0.3, 0.4) is 0 Å². The number of aliphatic hydroxyl groups excluding tert-OH is 2. The predicted molar refractivity (Wildman–Crippen MR) is 115 cm³/mol. The van der Waals surface area contributed by atoms with Crippen LogP contribution >= 0.6 is 0 Å². The molecule has 10 heteroatoms. The molecule has 0 saturated carbocycles. The predicted octanol–water partition coefficient (Wildman–Crippen LogP) is 0.949. The summed E-state index contributed by atoms with van der Waals surface area (Å²) in [6.45, 7) is -0.502. The average Bonchev–Trinajstić information content (AvgIpc) is 2.81. The molecule has 2 aromatic carbocycles. The van der Waals surface area contributed by atoms with Gasteiger partial charge in [0.2, 0.25) is 0 Å². The van der Waals surface area contributed by atoms with Crippen LogP contribution < -0.4 is 20.3 Å². The fourth-order valence-electron chi connectivity index (χ4n) is 2.34. The van der Waals surface area contributed by atoms with E-state index in [4.69, 9.17) is 14.6 Å². The maximum atomic E-state index is 12.2. The third-order valence-electron chi connectivity index (χ3n) is 4.04. The van der Waals surface area contributed by atoms with Crippen LogP contribution in [-0.4, -0.2) is 60.9 Å². The first-order chi connectivity index (χ1) is 15.0. The van der Waals surface area contributed by atoms with Gasteiger partial charge in [-0.05, 0) is 48.5 Å². The monoisotopic (exact) mass is 428 g/mol. The second-order valence-corrected chi connectivity index (χ2v) is 6.24. The zero-order chi connectivity index (χ0) is 22.6. The van der Waals surface area contributed by atoms with Crippen molar-refractivity contribution in [2.75, 3.05) is 20.8 Å². The first-order valence-corrected chi connectivity index (χ1v) is 9.24. The first kappa shape index (κ1) is 23.5. The zero-order valence-electron chi connectivity index (χ0n) is 17.1. The standard InChI is InChI=1S/C21H24N4O6/c1-30-18-7-3-14(4-8-18)20(28)24-22-12-16(11-17(27)13-26)23-25-21(29)15-5-9-19(31-2)10-6-15/h3-10,12,17,26-27H,11,13H2,1-2H3,(H,24,28)(H,25,29)/b22-12+,23-16+. The number of amides is 2. The van der Waals surface area contributed by atoms with Crippen molar-refractivity contribution in [2.45, 2.75) is 12.5 Å². The van der Waals surface area contributed by atoms with E-state index in [1.807, 2.05) is 0 Å². The highest BCUT2D eigenvalue weighted by Crippen LogP contribution is 2.12. The summed E-state index contributed by atoms with van der Waals surface area (Å²) in [7, 11) is 3.04. The number of hydrogen-bond donors (Lipinski definition) is 4. The van der Waals surface area contributed by atoms with E-state index in [-0.39, 0.29) is 12.1 Å². The smallest absolute Gasteiger partial charge is 0.271 e. The Hall–Kier alpha value is -3.76. The van der Waals surface area contributed by atoms with Crippen molar-refractivity contribution in [2.24, 2.45) is 10.2 Å². The van der Waals surface area contributed by atoms with Gasteiger partial charge in [0.25, 0.3) is 11.8 Å². The first-order valence-electron chi connectivity index (χ1n) is 9.24. The minimum Gasteiger partial charge on any atom is -0.497 e. The molecule has 1 unspecified atom stereocenters. The van der Waals surface area contributed by atoms with Crippen LogP contribution in [0.2, 0.25) is 0 Å². The van der Waals surface area contributed by atoms with Crippen LogP contribution in [0.4, 0.5) is 0 Å². The Morgan fingerprint density at radius 2 is 1.42 bits per heavy atom. The topological polar surface area (TPSA) is 142 Å². The van der Waals surface area contributed by atoms with Crippen molar-refractivity contribution >= 4 is 23.7 Å². The Labute approximate surface area is 179 Å². The number of ether oxygens (including phenoxy) is 2. The number of nitrogens with zero attached hydrogens (tertiary/aromatic N) is 2. The second-order valence-electron chi connectivity index (χ2n) is 6.24. The summed E-state index contributed by atoms with van der Waals surface area (Å²) in [5.41, 5.74) is 5.52. The van der Waals surface area contributed by atoms with Gasteiger partial charge in [0, 0.05) is 17.5 Å². The molecule has 0 aromatic heterocycles. The maximum Gasteiger partial charge on any atom is 0.271 e. The number of hydrogen-bond acceptors (Lipinski definition) is 8.